The van der Waals surface area contributed by atoms with Crippen molar-refractivity contribution in [1.82, 2.24) is 4.98 Å². The van der Waals surface area contributed by atoms with Gasteiger partial charge in [-0.15, -0.1) is 0 Å². The van der Waals surface area contributed by atoms with Gasteiger partial charge in [0.15, 0.2) is 11.6 Å². The van der Waals surface area contributed by atoms with E-state index in [1.165, 1.54) is 12.1 Å². The fourth-order valence-corrected chi connectivity index (χ4v) is 1.62. The first kappa shape index (κ1) is 13.3. The number of hydrogen-bond donors (Lipinski definition) is 1. The van der Waals surface area contributed by atoms with Gasteiger partial charge in [0.05, 0.1) is 5.69 Å². The number of anilines is 1. The number of nitrogens with zero attached hydrogens (tertiary/aromatic N) is 1. The third kappa shape index (κ3) is 3.40. The Morgan fingerprint density at radius 1 is 1.26 bits per heavy atom. The third-order valence-electron chi connectivity index (χ3n) is 2.49. The molecule has 0 amide bonds. The van der Waals surface area contributed by atoms with Gasteiger partial charge in [0.1, 0.15) is 6.61 Å². The number of hydrogen-bond acceptors (Lipinski definition) is 3. The van der Waals surface area contributed by atoms with Crippen LogP contribution in [0.3, 0.4) is 0 Å². The molecular weight excluding hydrogens is 250 g/mol. The number of ether oxygens (including phenoxy) is 1. The summed E-state index contributed by atoms with van der Waals surface area (Å²) < 4.78 is 31.6. The quantitative estimate of drug-likeness (QED) is 0.899. The average Bonchev–Trinajstić information content (AvgIpc) is 2.41. The summed E-state index contributed by atoms with van der Waals surface area (Å²) >= 11 is 0. The summed E-state index contributed by atoms with van der Waals surface area (Å²) in [4.78, 5) is 4.11. The number of aromatic nitrogens is 1. The maximum absolute atomic E-state index is 13.4. The molecule has 0 aliphatic carbocycles. The monoisotopic (exact) mass is 264 g/mol. The SMILES string of the molecule is CCNc1ccnc(COc2cccc(F)c2F)c1. The fourth-order valence-electron chi connectivity index (χ4n) is 1.62. The van der Waals surface area contributed by atoms with Crippen LogP contribution in [0, 0.1) is 11.6 Å². The van der Waals surface area contributed by atoms with Crippen LogP contribution in [-0.4, -0.2) is 11.5 Å². The van der Waals surface area contributed by atoms with Gasteiger partial charge in [-0.25, -0.2) is 4.39 Å². The van der Waals surface area contributed by atoms with Crippen molar-refractivity contribution in [3.8, 4) is 5.75 Å². The smallest absolute Gasteiger partial charge is 0.200 e. The normalized spacial score (nSPS) is 10.3. The molecule has 19 heavy (non-hydrogen) atoms. The Balaban J connectivity index is 2.06. The summed E-state index contributed by atoms with van der Waals surface area (Å²) in [5.41, 5.74) is 1.55. The van der Waals surface area contributed by atoms with Crippen molar-refractivity contribution in [3.05, 3.63) is 53.9 Å². The van der Waals surface area contributed by atoms with Crippen LogP contribution in [0.25, 0.3) is 0 Å². The van der Waals surface area contributed by atoms with Gasteiger partial charge in [-0.2, -0.15) is 4.39 Å². The van der Waals surface area contributed by atoms with E-state index in [1.807, 2.05) is 13.0 Å². The van der Waals surface area contributed by atoms with Crippen molar-refractivity contribution in [3.63, 3.8) is 0 Å². The minimum atomic E-state index is -0.981. The molecule has 0 spiro atoms. The fraction of sp³-hybridized carbons (Fsp3) is 0.214. The lowest BCUT2D eigenvalue weighted by molar-refractivity contribution is 0.280. The molecule has 1 aromatic heterocycles. The first-order valence-corrected chi connectivity index (χ1v) is 5.96. The highest BCUT2D eigenvalue weighted by molar-refractivity contribution is 5.42. The largest absolute Gasteiger partial charge is 0.484 e. The van der Waals surface area contributed by atoms with E-state index in [4.69, 9.17) is 4.74 Å². The topological polar surface area (TPSA) is 34.2 Å². The lowest BCUT2D eigenvalue weighted by Gasteiger charge is -2.08. The third-order valence-corrected chi connectivity index (χ3v) is 2.49. The Hall–Kier alpha value is -2.17. The maximum atomic E-state index is 13.4. The molecule has 2 rings (SSSR count). The Morgan fingerprint density at radius 2 is 2.11 bits per heavy atom. The summed E-state index contributed by atoms with van der Waals surface area (Å²) in [6, 6.07) is 7.46. The Bertz CT molecular complexity index is 561. The van der Waals surface area contributed by atoms with Gasteiger partial charge in [-0.05, 0) is 31.2 Å². The van der Waals surface area contributed by atoms with Crippen LogP contribution in [0.15, 0.2) is 36.5 Å². The number of benzene rings is 1. The molecule has 0 aliphatic heterocycles. The Morgan fingerprint density at radius 3 is 2.89 bits per heavy atom. The van der Waals surface area contributed by atoms with Crippen molar-refractivity contribution in [2.75, 3.05) is 11.9 Å². The number of nitrogens with one attached hydrogen (secondary N) is 1. The molecular formula is C14H14F2N2O. The van der Waals surface area contributed by atoms with Gasteiger partial charge in [-0.3, -0.25) is 4.98 Å². The zero-order valence-corrected chi connectivity index (χ0v) is 10.5. The van der Waals surface area contributed by atoms with Gasteiger partial charge in [0.2, 0.25) is 5.82 Å². The van der Waals surface area contributed by atoms with E-state index in [-0.39, 0.29) is 12.4 Å². The highest BCUT2D eigenvalue weighted by Crippen LogP contribution is 2.20. The van der Waals surface area contributed by atoms with E-state index in [0.717, 1.165) is 18.3 Å². The molecule has 1 N–H and O–H groups in total. The van der Waals surface area contributed by atoms with Gasteiger partial charge in [-0.1, -0.05) is 6.07 Å². The molecule has 5 heteroatoms. The first-order valence-electron chi connectivity index (χ1n) is 5.96. The first-order chi connectivity index (χ1) is 9.20. The van der Waals surface area contributed by atoms with E-state index in [2.05, 4.69) is 10.3 Å². The summed E-state index contributed by atoms with van der Waals surface area (Å²) in [6.07, 6.45) is 1.64. The van der Waals surface area contributed by atoms with E-state index in [9.17, 15) is 8.78 Å². The van der Waals surface area contributed by atoms with Crippen molar-refractivity contribution < 1.29 is 13.5 Å². The predicted octanol–water partition coefficient (Wildman–Crippen LogP) is 3.37. The van der Waals surface area contributed by atoms with Crippen LogP contribution in [-0.2, 0) is 6.61 Å². The second-order valence-electron chi connectivity index (χ2n) is 3.91. The molecule has 100 valence electrons. The van der Waals surface area contributed by atoms with Crippen LogP contribution < -0.4 is 10.1 Å². The van der Waals surface area contributed by atoms with Crippen LogP contribution in [0.4, 0.5) is 14.5 Å². The zero-order chi connectivity index (χ0) is 13.7. The average molecular weight is 264 g/mol. The van der Waals surface area contributed by atoms with Crippen LogP contribution >= 0.6 is 0 Å². The second-order valence-corrected chi connectivity index (χ2v) is 3.91. The van der Waals surface area contributed by atoms with E-state index in [1.54, 1.807) is 12.3 Å². The Kier molecular flexibility index (Phi) is 4.28. The molecule has 1 heterocycles. The molecule has 0 fully saturated rings. The van der Waals surface area contributed by atoms with E-state index >= 15 is 0 Å². The summed E-state index contributed by atoms with van der Waals surface area (Å²) in [5.74, 6) is -2.02. The van der Waals surface area contributed by atoms with Crippen molar-refractivity contribution in [1.29, 1.82) is 0 Å². The molecule has 1 aromatic carbocycles. The van der Waals surface area contributed by atoms with E-state index < -0.39 is 11.6 Å². The summed E-state index contributed by atoms with van der Waals surface area (Å²) in [5, 5.41) is 3.14. The van der Waals surface area contributed by atoms with Gasteiger partial charge in [0.25, 0.3) is 0 Å². The van der Waals surface area contributed by atoms with Crippen molar-refractivity contribution in [2.24, 2.45) is 0 Å². The highest BCUT2D eigenvalue weighted by Gasteiger charge is 2.09. The van der Waals surface area contributed by atoms with Crippen LogP contribution in [0.2, 0.25) is 0 Å². The molecule has 0 aliphatic rings. The molecule has 0 saturated heterocycles. The lowest BCUT2D eigenvalue weighted by Crippen LogP contribution is -2.03. The second kappa shape index (κ2) is 6.13. The standard InChI is InChI=1S/C14H14F2N2O/c1-2-17-10-6-7-18-11(8-10)9-19-13-5-3-4-12(15)14(13)16/h3-8H,2,9H2,1H3,(H,17,18). The highest BCUT2D eigenvalue weighted by atomic mass is 19.2. The molecule has 3 nitrogen and oxygen atoms in total. The van der Waals surface area contributed by atoms with E-state index in [0.29, 0.717) is 5.69 Å². The number of halogens is 2. The van der Waals surface area contributed by atoms with Crippen molar-refractivity contribution in [2.45, 2.75) is 13.5 Å². The molecule has 0 unspecified atom stereocenters. The molecule has 0 radical (unpaired) electrons. The molecule has 0 saturated carbocycles. The summed E-state index contributed by atoms with van der Waals surface area (Å²) in [7, 11) is 0. The number of rotatable bonds is 5. The molecule has 2 aromatic rings. The molecule has 0 bridgehead atoms. The minimum absolute atomic E-state index is 0.0829. The number of pyridine rings is 1. The Labute approximate surface area is 110 Å². The molecule has 0 atom stereocenters. The summed E-state index contributed by atoms with van der Waals surface area (Å²) in [6.45, 7) is 2.86. The van der Waals surface area contributed by atoms with Crippen LogP contribution in [0.5, 0.6) is 5.75 Å². The predicted molar refractivity (Wildman–Crippen MR) is 69.1 cm³/mol. The zero-order valence-electron chi connectivity index (χ0n) is 10.5. The maximum Gasteiger partial charge on any atom is 0.200 e. The van der Waals surface area contributed by atoms with Crippen LogP contribution in [0.1, 0.15) is 12.6 Å². The van der Waals surface area contributed by atoms with Crippen molar-refractivity contribution >= 4 is 5.69 Å². The lowest BCUT2D eigenvalue weighted by atomic mass is 10.3. The minimum Gasteiger partial charge on any atom is -0.484 e. The van der Waals surface area contributed by atoms with Gasteiger partial charge < -0.3 is 10.1 Å². The van der Waals surface area contributed by atoms with Gasteiger partial charge in [0, 0.05) is 18.4 Å². The van der Waals surface area contributed by atoms with Gasteiger partial charge >= 0.3 is 0 Å².